The third-order valence-corrected chi connectivity index (χ3v) is 4.89. The number of esters is 1. The van der Waals surface area contributed by atoms with Crippen molar-refractivity contribution in [2.45, 2.75) is 12.5 Å². The monoisotopic (exact) mass is 501 g/mol. The van der Waals surface area contributed by atoms with Crippen LogP contribution < -0.4 is 10.6 Å². The van der Waals surface area contributed by atoms with Gasteiger partial charge in [-0.1, -0.05) is 0 Å². The van der Waals surface area contributed by atoms with E-state index in [1.165, 1.54) is 30.7 Å². The van der Waals surface area contributed by atoms with E-state index in [0.717, 1.165) is 16.6 Å². The summed E-state index contributed by atoms with van der Waals surface area (Å²) in [7, 11) is 0. The van der Waals surface area contributed by atoms with E-state index in [1.807, 2.05) is 0 Å². The fourth-order valence-electron chi connectivity index (χ4n) is 3.00. The van der Waals surface area contributed by atoms with Crippen LogP contribution in [0.2, 0.25) is 0 Å². The molecule has 162 valence electrons. The summed E-state index contributed by atoms with van der Waals surface area (Å²) in [6.07, 6.45) is 2.94. The van der Waals surface area contributed by atoms with E-state index in [0.29, 0.717) is 5.69 Å². The lowest BCUT2D eigenvalue weighted by molar-refractivity contribution is -0.151. The summed E-state index contributed by atoms with van der Waals surface area (Å²) in [6, 6.07) is 8.37. The van der Waals surface area contributed by atoms with E-state index in [2.05, 4.69) is 41.5 Å². The number of anilines is 2. The van der Waals surface area contributed by atoms with Gasteiger partial charge in [0.15, 0.2) is 11.9 Å². The highest BCUT2D eigenvalue weighted by Crippen LogP contribution is 2.30. The van der Waals surface area contributed by atoms with Crippen LogP contribution in [-0.2, 0) is 14.3 Å². The summed E-state index contributed by atoms with van der Waals surface area (Å²) in [6.45, 7) is 0. The third-order valence-electron chi connectivity index (χ3n) is 4.43. The number of aromatic nitrogens is 3. The SMILES string of the molecule is O=C1CC(c2ccc(Br)cn2)OC(=O)C1=C(Nc1ccnc(F)c1)Nc1ccnc(F)c1. The summed E-state index contributed by atoms with van der Waals surface area (Å²) in [5, 5.41) is 5.57. The van der Waals surface area contributed by atoms with Crippen molar-refractivity contribution in [3.05, 3.63) is 88.4 Å². The summed E-state index contributed by atoms with van der Waals surface area (Å²) in [5.74, 6) is -3.08. The van der Waals surface area contributed by atoms with Crippen molar-refractivity contribution in [3.63, 3.8) is 0 Å². The van der Waals surface area contributed by atoms with Crippen molar-refractivity contribution in [2.24, 2.45) is 0 Å². The molecule has 11 heteroatoms. The minimum Gasteiger partial charge on any atom is -0.452 e. The summed E-state index contributed by atoms with van der Waals surface area (Å²) in [5.41, 5.74) is 0.510. The molecular weight excluding hydrogens is 488 g/mol. The quantitative estimate of drug-likeness (QED) is 0.234. The molecule has 1 aliphatic heterocycles. The number of hydrogen-bond donors (Lipinski definition) is 2. The van der Waals surface area contributed by atoms with Gasteiger partial charge in [-0.3, -0.25) is 9.78 Å². The molecule has 1 aliphatic rings. The molecule has 1 atom stereocenters. The number of cyclic esters (lactones) is 1. The fraction of sp³-hybridized carbons (Fsp3) is 0.0952. The van der Waals surface area contributed by atoms with Crippen molar-refractivity contribution >= 4 is 39.1 Å². The van der Waals surface area contributed by atoms with Crippen LogP contribution in [-0.4, -0.2) is 26.7 Å². The maximum absolute atomic E-state index is 13.5. The number of pyridine rings is 3. The second-order valence-electron chi connectivity index (χ2n) is 6.66. The molecule has 8 nitrogen and oxygen atoms in total. The second kappa shape index (κ2) is 9.18. The van der Waals surface area contributed by atoms with Crippen molar-refractivity contribution in [1.29, 1.82) is 0 Å². The average molecular weight is 502 g/mol. The minimum atomic E-state index is -0.907. The van der Waals surface area contributed by atoms with Gasteiger partial charge in [0.25, 0.3) is 0 Å². The predicted molar refractivity (Wildman–Crippen MR) is 113 cm³/mol. The number of nitrogens with one attached hydrogen (secondary N) is 2. The highest BCUT2D eigenvalue weighted by Gasteiger charge is 2.36. The van der Waals surface area contributed by atoms with E-state index in [-0.39, 0.29) is 29.2 Å². The van der Waals surface area contributed by atoms with Crippen molar-refractivity contribution in [1.82, 2.24) is 15.0 Å². The number of halogens is 3. The lowest BCUT2D eigenvalue weighted by Gasteiger charge is -2.25. The number of carbonyl (C=O) groups excluding carboxylic acids is 2. The number of ketones is 1. The molecular formula is C21H14BrF2N5O3. The van der Waals surface area contributed by atoms with E-state index >= 15 is 0 Å². The highest BCUT2D eigenvalue weighted by molar-refractivity contribution is 9.10. The first-order chi connectivity index (χ1) is 15.4. The van der Waals surface area contributed by atoms with E-state index in [1.54, 1.807) is 12.1 Å². The average Bonchev–Trinajstić information content (AvgIpc) is 2.74. The molecule has 2 N–H and O–H groups in total. The van der Waals surface area contributed by atoms with Crippen LogP contribution in [0.5, 0.6) is 0 Å². The molecule has 0 radical (unpaired) electrons. The number of Topliss-reactive ketones (excluding diaryl/α,β-unsaturated/α-hetero) is 1. The molecule has 3 aromatic rings. The van der Waals surface area contributed by atoms with Crippen molar-refractivity contribution in [3.8, 4) is 0 Å². The first-order valence-electron chi connectivity index (χ1n) is 9.26. The summed E-state index contributed by atoms with van der Waals surface area (Å²) >= 11 is 3.27. The molecule has 1 saturated heterocycles. The van der Waals surface area contributed by atoms with Gasteiger partial charge in [0.05, 0.1) is 12.1 Å². The van der Waals surface area contributed by atoms with Gasteiger partial charge >= 0.3 is 5.97 Å². The van der Waals surface area contributed by atoms with Gasteiger partial charge in [0, 0.05) is 46.6 Å². The highest BCUT2D eigenvalue weighted by atomic mass is 79.9. The van der Waals surface area contributed by atoms with Gasteiger partial charge in [-0.15, -0.1) is 0 Å². The Hall–Kier alpha value is -3.73. The molecule has 0 spiro atoms. The normalized spacial score (nSPS) is 15.8. The van der Waals surface area contributed by atoms with Gasteiger partial charge in [-0.25, -0.2) is 14.8 Å². The van der Waals surface area contributed by atoms with E-state index in [9.17, 15) is 18.4 Å². The topological polar surface area (TPSA) is 106 Å². The molecule has 1 unspecified atom stereocenters. The number of hydrogen-bond acceptors (Lipinski definition) is 8. The van der Waals surface area contributed by atoms with Crippen LogP contribution in [0, 0.1) is 11.9 Å². The fourth-order valence-corrected chi connectivity index (χ4v) is 3.24. The standard InChI is InChI=1S/C21H14BrF2N5O3/c22-11-1-2-14(27-10-11)16-9-15(30)19(21(31)32-16)20(28-12-3-5-25-17(23)7-12)29-13-4-6-26-18(24)8-13/h1-8,10,16H,9H2,(H,25,28)(H,26,29). The molecule has 0 aromatic carbocycles. The zero-order chi connectivity index (χ0) is 22.7. The van der Waals surface area contributed by atoms with Gasteiger partial charge in [-0.2, -0.15) is 8.78 Å². The molecule has 0 amide bonds. The molecule has 0 aliphatic carbocycles. The minimum absolute atomic E-state index is 0.0987. The maximum atomic E-state index is 13.5. The van der Waals surface area contributed by atoms with Crippen LogP contribution in [0.1, 0.15) is 18.2 Å². The van der Waals surface area contributed by atoms with E-state index < -0.39 is 29.8 Å². The van der Waals surface area contributed by atoms with Crippen LogP contribution in [0.25, 0.3) is 0 Å². The Kier molecular flexibility index (Phi) is 6.17. The summed E-state index contributed by atoms with van der Waals surface area (Å²) < 4.78 is 33.3. The lowest BCUT2D eigenvalue weighted by Crippen LogP contribution is -2.32. The van der Waals surface area contributed by atoms with E-state index in [4.69, 9.17) is 4.74 Å². The first kappa shape index (κ1) is 21.5. The molecule has 32 heavy (non-hydrogen) atoms. The number of carbonyl (C=O) groups is 2. The number of nitrogens with zero attached hydrogens (tertiary/aromatic N) is 3. The smallest absolute Gasteiger partial charge is 0.346 e. The van der Waals surface area contributed by atoms with Gasteiger partial charge in [0.1, 0.15) is 11.4 Å². The van der Waals surface area contributed by atoms with Crippen molar-refractivity contribution < 1.29 is 23.1 Å². The molecule has 1 fully saturated rings. The molecule has 4 rings (SSSR count). The molecule has 0 bridgehead atoms. The lowest BCUT2D eigenvalue weighted by atomic mass is 9.99. The molecule has 4 heterocycles. The molecule has 3 aromatic heterocycles. The zero-order valence-corrected chi connectivity index (χ0v) is 17.8. The van der Waals surface area contributed by atoms with Gasteiger partial charge < -0.3 is 15.4 Å². The first-order valence-corrected chi connectivity index (χ1v) is 10.1. The van der Waals surface area contributed by atoms with Crippen LogP contribution in [0.3, 0.4) is 0 Å². The third kappa shape index (κ3) is 4.94. The number of ether oxygens (including phenoxy) is 1. The van der Waals surface area contributed by atoms with Crippen LogP contribution in [0.4, 0.5) is 20.2 Å². The van der Waals surface area contributed by atoms with Crippen LogP contribution >= 0.6 is 15.9 Å². The Labute approximate surface area is 188 Å². The summed E-state index contributed by atoms with van der Waals surface area (Å²) in [4.78, 5) is 36.9. The Morgan fingerprint density at radius 3 is 2.09 bits per heavy atom. The second-order valence-corrected chi connectivity index (χ2v) is 7.57. The maximum Gasteiger partial charge on any atom is 0.346 e. The Balaban J connectivity index is 1.69. The Bertz CT molecular complexity index is 1150. The number of rotatable bonds is 5. The Morgan fingerprint density at radius 1 is 0.969 bits per heavy atom. The largest absolute Gasteiger partial charge is 0.452 e. The van der Waals surface area contributed by atoms with Gasteiger partial charge in [0.2, 0.25) is 11.9 Å². The zero-order valence-electron chi connectivity index (χ0n) is 16.2. The Morgan fingerprint density at radius 2 is 1.59 bits per heavy atom. The van der Waals surface area contributed by atoms with Crippen molar-refractivity contribution in [2.75, 3.05) is 10.6 Å². The predicted octanol–water partition coefficient (Wildman–Crippen LogP) is 3.91. The van der Waals surface area contributed by atoms with Gasteiger partial charge in [-0.05, 0) is 40.2 Å². The molecule has 0 saturated carbocycles. The van der Waals surface area contributed by atoms with Crippen LogP contribution in [0.15, 0.2) is 70.9 Å².